The Bertz CT molecular complexity index is 1030. The highest BCUT2D eigenvalue weighted by molar-refractivity contribution is 7.89. The molecule has 1 aromatic heterocycles. The summed E-state index contributed by atoms with van der Waals surface area (Å²) >= 11 is 0. The molecule has 2 aromatic rings. The molecule has 170 valence electrons. The molecule has 1 aromatic carbocycles. The van der Waals surface area contributed by atoms with E-state index in [1.54, 1.807) is 12.1 Å². The average molecular weight is 447 g/mol. The molecule has 1 aliphatic carbocycles. The Morgan fingerprint density at radius 1 is 1.06 bits per heavy atom. The molecular formula is C23H34N4O3S. The Kier molecular flexibility index (Phi) is 6.07. The molecule has 2 atom stereocenters. The molecule has 3 fully saturated rings. The van der Waals surface area contributed by atoms with Crippen LogP contribution in [-0.2, 0) is 27.8 Å². The third-order valence-electron chi connectivity index (χ3n) is 7.46. The number of ether oxygens (including phenoxy) is 1. The summed E-state index contributed by atoms with van der Waals surface area (Å²) in [5.41, 5.74) is 1.80. The van der Waals surface area contributed by atoms with Crippen LogP contribution < -0.4 is 0 Å². The smallest absolute Gasteiger partial charge is 0.243 e. The number of fused-ring (bicyclic) bond motifs is 2. The summed E-state index contributed by atoms with van der Waals surface area (Å²) in [4.78, 5) is 7.81. The van der Waals surface area contributed by atoms with E-state index in [0.29, 0.717) is 31.2 Å². The number of morpholine rings is 1. The summed E-state index contributed by atoms with van der Waals surface area (Å²) in [6, 6.07) is 5.41. The van der Waals surface area contributed by atoms with E-state index in [1.807, 2.05) is 6.07 Å². The van der Waals surface area contributed by atoms with E-state index in [1.165, 1.54) is 43.0 Å². The topological polar surface area (TPSA) is 67.7 Å². The lowest BCUT2D eigenvalue weighted by Gasteiger charge is -2.41. The van der Waals surface area contributed by atoms with Crippen LogP contribution in [0, 0.1) is 11.8 Å². The molecule has 1 saturated carbocycles. The number of nitrogens with zero attached hydrogens (tertiary/aromatic N) is 4. The fraction of sp³-hybridized carbons (Fsp3) is 0.696. The molecule has 2 saturated heterocycles. The number of hydrogen-bond acceptors (Lipinski definition) is 5. The fourth-order valence-electron chi connectivity index (χ4n) is 5.75. The maximum Gasteiger partial charge on any atom is 0.243 e. The minimum atomic E-state index is -3.51. The van der Waals surface area contributed by atoms with Crippen molar-refractivity contribution in [3.63, 3.8) is 0 Å². The average Bonchev–Trinajstić information content (AvgIpc) is 3.15. The molecule has 3 heterocycles. The van der Waals surface area contributed by atoms with Gasteiger partial charge in [-0.15, -0.1) is 0 Å². The zero-order valence-corrected chi connectivity index (χ0v) is 19.3. The van der Waals surface area contributed by atoms with Crippen molar-refractivity contribution in [1.29, 1.82) is 0 Å². The van der Waals surface area contributed by atoms with Gasteiger partial charge < -0.3 is 9.30 Å². The first kappa shape index (κ1) is 21.4. The predicted molar refractivity (Wildman–Crippen MR) is 120 cm³/mol. The second-order valence-corrected chi connectivity index (χ2v) is 11.2. The first-order valence-corrected chi connectivity index (χ1v) is 13.3. The zero-order valence-electron chi connectivity index (χ0n) is 18.5. The van der Waals surface area contributed by atoms with Crippen molar-refractivity contribution in [2.75, 3.05) is 39.4 Å². The number of imidazole rings is 1. The van der Waals surface area contributed by atoms with Crippen LogP contribution in [0.3, 0.4) is 0 Å². The molecule has 0 N–H and O–H groups in total. The molecule has 0 unspecified atom stereocenters. The Hall–Kier alpha value is -1.48. The van der Waals surface area contributed by atoms with Crippen LogP contribution in [0.2, 0.25) is 0 Å². The monoisotopic (exact) mass is 446 g/mol. The van der Waals surface area contributed by atoms with Crippen LogP contribution in [0.5, 0.6) is 0 Å². The highest BCUT2D eigenvalue weighted by Gasteiger charge is 2.32. The van der Waals surface area contributed by atoms with Crippen LogP contribution in [0.4, 0.5) is 0 Å². The number of piperidine rings is 1. The summed E-state index contributed by atoms with van der Waals surface area (Å²) in [7, 11) is -3.51. The zero-order chi connectivity index (χ0) is 21.4. The van der Waals surface area contributed by atoms with Gasteiger partial charge in [-0.25, -0.2) is 13.4 Å². The van der Waals surface area contributed by atoms with Crippen molar-refractivity contribution >= 4 is 21.1 Å². The number of aryl methyl sites for hydroxylation is 1. The van der Waals surface area contributed by atoms with Crippen LogP contribution >= 0.6 is 0 Å². The molecule has 31 heavy (non-hydrogen) atoms. The van der Waals surface area contributed by atoms with Crippen molar-refractivity contribution in [3.05, 3.63) is 24.0 Å². The predicted octanol–water partition coefficient (Wildman–Crippen LogP) is 3.09. The number of sulfonamides is 1. The molecule has 3 aliphatic rings. The number of rotatable bonds is 5. The van der Waals surface area contributed by atoms with Gasteiger partial charge in [0.25, 0.3) is 0 Å². The van der Waals surface area contributed by atoms with Crippen LogP contribution in [0.15, 0.2) is 23.1 Å². The number of likely N-dealkylation sites (tertiary alicyclic amines) is 1. The third-order valence-corrected chi connectivity index (χ3v) is 9.36. The van der Waals surface area contributed by atoms with Crippen molar-refractivity contribution in [2.45, 2.75) is 57.0 Å². The first-order chi connectivity index (χ1) is 15.1. The summed E-state index contributed by atoms with van der Waals surface area (Å²) in [6.45, 7) is 7.85. The second-order valence-electron chi connectivity index (χ2n) is 9.27. The highest BCUT2D eigenvalue weighted by atomic mass is 32.2. The van der Waals surface area contributed by atoms with Gasteiger partial charge in [-0.2, -0.15) is 4.31 Å². The Morgan fingerprint density at radius 3 is 2.61 bits per heavy atom. The van der Waals surface area contributed by atoms with E-state index in [4.69, 9.17) is 9.72 Å². The molecular weight excluding hydrogens is 412 g/mol. The first-order valence-electron chi connectivity index (χ1n) is 11.9. The van der Waals surface area contributed by atoms with Gasteiger partial charge in [0.1, 0.15) is 5.82 Å². The standard InChI is InChI=1S/C23H34N4O3S/c1-2-27-22-8-7-20(31(28,29)26-11-13-30-14-12-26)15-21(22)24-23(27)17-25-10-9-18-5-3-4-6-19(18)16-25/h7-8,15,18-19H,2-6,9-14,16-17H2,1H3/t18-,19-/m0/s1. The van der Waals surface area contributed by atoms with Gasteiger partial charge in [-0.1, -0.05) is 19.3 Å². The van der Waals surface area contributed by atoms with E-state index in [9.17, 15) is 8.42 Å². The lowest BCUT2D eigenvalue weighted by Crippen LogP contribution is -2.41. The SMILES string of the molecule is CCn1c(CN2CC[C@@H]3CCCC[C@H]3C2)nc2cc(S(=O)(=O)N3CCOCC3)ccc21. The molecule has 0 bridgehead atoms. The Balaban J connectivity index is 1.39. The van der Waals surface area contributed by atoms with Gasteiger partial charge in [0, 0.05) is 26.2 Å². The summed E-state index contributed by atoms with van der Waals surface area (Å²) in [6.07, 6.45) is 6.87. The van der Waals surface area contributed by atoms with E-state index in [0.717, 1.165) is 48.3 Å². The van der Waals surface area contributed by atoms with Gasteiger partial charge in [0.2, 0.25) is 10.0 Å². The van der Waals surface area contributed by atoms with Crippen molar-refractivity contribution in [2.24, 2.45) is 11.8 Å². The molecule has 5 rings (SSSR count). The van der Waals surface area contributed by atoms with Crippen LogP contribution in [0.25, 0.3) is 11.0 Å². The molecule has 2 aliphatic heterocycles. The lowest BCUT2D eigenvalue weighted by molar-refractivity contribution is 0.0730. The summed E-state index contributed by atoms with van der Waals surface area (Å²) < 4.78 is 35.2. The highest BCUT2D eigenvalue weighted by Crippen LogP contribution is 2.36. The molecule has 0 amide bonds. The fourth-order valence-corrected chi connectivity index (χ4v) is 7.18. The maximum atomic E-state index is 13.1. The summed E-state index contributed by atoms with van der Waals surface area (Å²) in [5, 5.41) is 0. The quantitative estimate of drug-likeness (QED) is 0.706. The van der Waals surface area contributed by atoms with E-state index in [2.05, 4.69) is 16.4 Å². The molecule has 7 nitrogen and oxygen atoms in total. The van der Waals surface area contributed by atoms with Gasteiger partial charge in [-0.3, -0.25) is 4.90 Å². The van der Waals surface area contributed by atoms with Crippen molar-refractivity contribution in [3.8, 4) is 0 Å². The minimum Gasteiger partial charge on any atom is -0.379 e. The number of aromatic nitrogens is 2. The minimum absolute atomic E-state index is 0.331. The Morgan fingerprint density at radius 2 is 1.84 bits per heavy atom. The van der Waals surface area contributed by atoms with Crippen molar-refractivity contribution in [1.82, 2.24) is 18.8 Å². The van der Waals surface area contributed by atoms with Gasteiger partial charge in [0.15, 0.2) is 0 Å². The Labute approximate surface area is 185 Å². The lowest BCUT2D eigenvalue weighted by atomic mass is 9.75. The normalized spacial score (nSPS) is 26.2. The van der Waals surface area contributed by atoms with E-state index in [-0.39, 0.29) is 0 Å². The second kappa shape index (κ2) is 8.81. The van der Waals surface area contributed by atoms with Gasteiger partial charge >= 0.3 is 0 Å². The van der Waals surface area contributed by atoms with Crippen molar-refractivity contribution < 1.29 is 13.2 Å². The van der Waals surface area contributed by atoms with Crippen LogP contribution in [0.1, 0.15) is 44.9 Å². The van der Waals surface area contributed by atoms with Gasteiger partial charge in [-0.05, 0) is 56.3 Å². The van der Waals surface area contributed by atoms with Gasteiger partial charge in [0.05, 0.1) is 35.7 Å². The number of benzene rings is 1. The van der Waals surface area contributed by atoms with E-state index >= 15 is 0 Å². The largest absolute Gasteiger partial charge is 0.379 e. The van der Waals surface area contributed by atoms with E-state index < -0.39 is 10.0 Å². The maximum absolute atomic E-state index is 13.1. The van der Waals surface area contributed by atoms with Crippen LogP contribution in [-0.4, -0.2) is 66.6 Å². The number of hydrogen-bond donors (Lipinski definition) is 0. The molecule has 0 spiro atoms. The summed E-state index contributed by atoms with van der Waals surface area (Å²) in [5.74, 6) is 2.81. The molecule has 8 heteroatoms. The molecule has 0 radical (unpaired) electrons. The third kappa shape index (κ3) is 4.15.